The second-order valence-electron chi connectivity index (χ2n) is 6.69. The minimum absolute atomic E-state index is 0.163. The molecule has 0 aliphatic rings. The van der Waals surface area contributed by atoms with Crippen LogP contribution in [-0.4, -0.2) is 71.2 Å². The van der Waals surface area contributed by atoms with E-state index in [1.54, 1.807) is 0 Å². The van der Waals surface area contributed by atoms with Gasteiger partial charge in [-0.1, -0.05) is 0 Å². The van der Waals surface area contributed by atoms with Crippen molar-refractivity contribution in [1.82, 2.24) is 9.63 Å². The number of aromatic nitrogens is 1. The van der Waals surface area contributed by atoms with E-state index < -0.39 is 29.3 Å². The summed E-state index contributed by atoms with van der Waals surface area (Å²) in [5.41, 5.74) is -0.418. The van der Waals surface area contributed by atoms with Gasteiger partial charge in [0, 0.05) is 25.1 Å². The van der Waals surface area contributed by atoms with Gasteiger partial charge in [0.25, 0.3) is 0 Å². The molecule has 0 aromatic carbocycles. The summed E-state index contributed by atoms with van der Waals surface area (Å²) < 4.78 is 11.4. The van der Waals surface area contributed by atoms with Gasteiger partial charge >= 0.3 is 11.9 Å². The fraction of sp³-hybridized carbons (Fsp3) is 0.647. The van der Waals surface area contributed by atoms with Crippen LogP contribution in [-0.2, 0) is 19.1 Å². The second-order valence-corrected chi connectivity index (χ2v) is 6.69. The molecule has 2 N–H and O–H groups in total. The molecule has 1 rings (SSSR count). The van der Waals surface area contributed by atoms with Crippen molar-refractivity contribution in [3.8, 4) is 11.8 Å². The maximum atomic E-state index is 11.7. The Morgan fingerprint density at radius 2 is 1.65 bits per heavy atom. The first kappa shape index (κ1) is 21.8. The zero-order chi connectivity index (χ0) is 19.7. The number of likely N-dealkylation sites (N-methyl/N-ethyl adjacent to an activating group) is 1. The summed E-state index contributed by atoms with van der Waals surface area (Å²) in [5, 5.41) is 18.7. The summed E-state index contributed by atoms with van der Waals surface area (Å²) in [6, 6.07) is 2.33. The van der Waals surface area contributed by atoms with E-state index in [1.165, 1.54) is 12.1 Å². The Morgan fingerprint density at radius 3 is 2.23 bits per heavy atom. The molecule has 1 aromatic rings. The Balaban J connectivity index is 2.22. The van der Waals surface area contributed by atoms with Crippen molar-refractivity contribution in [2.24, 2.45) is 0 Å². The molecule has 0 bridgehead atoms. The highest BCUT2D eigenvalue weighted by Crippen LogP contribution is 2.19. The van der Waals surface area contributed by atoms with E-state index in [1.807, 2.05) is 32.8 Å². The van der Waals surface area contributed by atoms with E-state index in [0.717, 1.165) is 6.54 Å². The minimum atomic E-state index is -0.781. The number of carbonyl (C=O) groups is 2. The first-order valence-electron chi connectivity index (χ1n) is 8.36. The maximum Gasteiger partial charge on any atom is 0.333 e. The quantitative estimate of drug-likeness (QED) is 0.552. The molecule has 0 fully saturated rings. The van der Waals surface area contributed by atoms with Crippen LogP contribution in [0.5, 0.6) is 11.8 Å². The first-order chi connectivity index (χ1) is 12.1. The van der Waals surface area contributed by atoms with Crippen molar-refractivity contribution in [2.45, 2.75) is 38.7 Å². The highest BCUT2D eigenvalue weighted by molar-refractivity contribution is 5.77. The highest BCUT2D eigenvalue weighted by Gasteiger charge is 2.20. The average Bonchev–Trinajstić information content (AvgIpc) is 2.84. The van der Waals surface area contributed by atoms with Gasteiger partial charge in [-0.15, -0.1) is 4.73 Å². The van der Waals surface area contributed by atoms with Gasteiger partial charge in [-0.2, -0.15) is 0 Å². The molecule has 9 heteroatoms. The average molecular weight is 372 g/mol. The van der Waals surface area contributed by atoms with Crippen LogP contribution >= 0.6 is 0 Å². The third-order valence-electron chi connectivity index (χ3n) is 3.52. The number of hydrogen-bond acceptors (Lipinski definition) is 8. The van der Waals surface area contributed by atoms with Gasteiger partial charge in [-0.25, -0.2) is 4.79 Å². The maximum absolute atomic E-state index is 11.7. The Morgan fingerprint density at radius 1 is 1.08 bits per heavy atom. The molecule has 0 saturated heterocycles. The van der Waals surface area contributed by atoms with Crippen LogP contribution in [0, 0.1) is 0 Å². The minimum Gasteiger partial charge on any atom is -0.492 e. The molecule has 0 spiro atoms. The lowest BCUT2D eigenvalue weighted by Crippen LogP contribution is -2.30. The van der Waals surface area contributed by atoms with Gasteiger partial charge in [0.15, 0.2) is 0 Å². The molecule has 0 saturated carbocycles. The standard InChI is InChI=1S/C17H28N2O7/c1-17(2,25-12-10-18(3)4)9-11-24-15(22)7-8-16(23)26-19-13(20)5-6-14(19)21/h5-6,20-21H,7-12H2,1-4H3. The number of esters is 1. The van der Waals surface area contributed by atoms with Crippen molar-refractivity contribution in [2.75, 3.05) is 33.9 Å². The zero-order valence-corrected chi connectivity index (χ0v) is 15.7. The molecular formula is C17H28N2O7. The Bertz CT molecular complexity index is 576. The monoisotopic (exact) mass is 372 g/mol. The molecule has 0 aliphatic heterocycles. The lowest BCUT2D eigenvalue weighted by atomic mass is 10.1. The van der Waals surface area contributed by atoms with E-state index >= 15 is 0 Å². The largest absolute Gasteiger partial charge is 0.492 e. The van der Waals surface area contributed by atoms with Crippen molar-refractivity contribution in [3.63, 3.8) is 0 Å². The lowest BCUT2D eigenvalue weighted by Gasteiger charge is -2.26. The van der Waals surface area contributed by atoms with Crippen LogP contribution in [0.2, 0.25) is 0 Å². The van der Waals surface area contributed by atoms with Crippen molar-refractivity contribution < 1.29 is 34.1 Å². The Kier molecular flexibility index (Phi) is 8.40. The molecule has 148 valence electrons. The topological polar surface area (TPSA) is 110 Å². The van der Waals surface area contributed by atoms with Gasteiger partial charge in [0.2, 0.25) is 11.8 Å². The van der Waals surface area contributed by atoms with Crippen molar-refractivity contribution in [3.05, 3.63) is 12.1 Å². The van der Waals surface area contributed by atoms with E-state index in [9.17, 15) is 19.8 Å². The molecule has 0 radical (unpaired) electrons. The molecule has 26 heavy (non-hydrogen) atoms. The van der Waals surface area contributed by atoms with Gasteiger partial charge in [0.1, 0.15) is 0 Å². The summed E-state index contributed by atoms with van der Waals surface area (Å²) in [5.74, 6) is -2.16. The summed E-state index contributed by atoms with van der Waals surface area (Å²) in [6.07, 6.45) is 0.129. The molecule has 0 aliphatic carbocycles. The smallest absolute Gasteiger partial charge is 0.333 e. The third kappa shape index (κ3) is 8.21. The van der Waals surface area contributed by atoms with E-state index in [-0.39, 0.29) is 19.4 Å². The molecule has 0 unspecified atom stereocenters. The number of nitrogens with zero attached hydrogens (tertiary/aromatic N) is 2. The number of hydrogen-bond donors (Lipinski definition) is 2. The summed E-state index contributed by atoms with van der Waals surface area (Å²) in [6.45, 7) is 5.41. The lowest BCUT2D eigenvalue weighted by molar-refractivity contribution is -0.152. The predicted molar refractivity (Wildman–Crippen MR) is 92.7 cm³/mol. The van der Waals surface area contributed by atoms with Crippen LogP contribution < -0.4 is 4.84 Å². The van der Waals surface area contributed by atoms with E-state index in [4.69, 9.17) is 14.3 Å². The van der Waals surface area contributed by atoms with Crippen LogP contribution in [0.3, 0.4) is 0 Å². The van der Waals surface area contributed by atoms with Crippen molar-refractivity contribution >= 4 is 11.9 Å². The molecule has 0 atom stereocenters. The Labute approximate surface area is 153 Å². The highest BCUT2D eigenvalue weighted by atomic mass is 16.7. The fourth-order valence-electron chi connectivity index (χ4n) is 1.91. The van der Waals surface area contributed by atoms with Gasteiger partial charge in [-0.3, -0.25) is 4.79 Å². The van der Waals surface area contributed by atoms with Crippen molar-refractivity contribution in [1.29, 1.82) is 0 Å². The summed E-state index contributed by atoms with van der Waals surface area (Å²) >= 11 is 0. The molecule has 1 aromatic heterocycles. The van der Waals surface area contributed by atoms with Gasteiger partial charge in [-0.05, 0) is 27.9 Å². The molecular weight excluding hydrogens is 344 g/mol. The van der Waals surface area contributed by atoms with Crippen LogP contribution in [0.15, 0.2) is 12.1 Å². The normalized spacial score (nSPS) is 11.6. The number of aromatic hydroxyl groups is 2. The predicted octanol–water partition coefficient (Wildman–Crippen LogP) is 0.925. The molecule has 9 nitrogen and oxygen atoms in total. The molecule has 0 amide bonds. The zero-order valence-electron chi connectivity index (χ0n) is 15.7. The number of ether oxygens (including phenoxy) is 2. The second kappa shape index (κ2) is 10.0. The fourth-order valence-corrected chi connectivity index (χ4v) is 1.91. The van der Waals surface area contributed by atoms with Gasteiger partial charge < -0.3 is 29.4 Å². The van der Waals surface area contributed by atoms with Crippen LogP contribution in [0.25, 0.3) is 0 Å². The number of rotatable bonds is 11. The van der Waals surface area contributed by atoms with E-state index in [0.29, 0.717) is 17.8 Å². The summed E-state index contributed by atoms with van der Waals surface area (Å²) in [7, 11) is 3.92. The molecule has 1 heterocycles. The van der Waals surface area contributed by atoms with Crippen LogP contribution in [0.4, 0.5) is 0 Å². The SMILES string of the molecule is CN(C)CCOC(C)(C)CCOC(=O)CCC(=O)On1c(O)ccc1O. The summed E-state index contributed by atoms with van der Waals surface area (Å²) in [4.78, 5) is 30.1. The van der Waals surface area contributed by atoms with Gasteiger partial charge in [0.05, 0.1) is 31.7 Å². The Hall–Kier alpha value is -2.26. The van der Waals surface area contributed by atoms with Crippen LogP contribution in [0.1, 0.15) is 33.1 Å². The van der Waals surface area contributed by atoms with E-state index in [2.05, 4.69) is 0 Å². The first-order valence-corrected chi connectivity index (χ1v) is 8.36. The third-order valence-corrected chi connectivity index (χ3v) is 3.52. The number of carbonyl (C=O) groups excluding carboxylic acids is 2.